The summed E-state index contributed by atoms with van der Waals surface area (Å²) in [6.07, 6.45) is -1.53. The van der Waals surface area contributed by atoms with Gasteiger partial charge in [0.25, 0.3) is 5.91 Å². The highest BCUT2D eigenvalue weighted by molar-refractivity contribution is 6.04. The van der Waals surface area contributed by atoms with Gasteiger partial charge < -0.3 is 5.73 Å². The fourth-order valence-electron chi connectivity index (χ4n) is 3.95. The van der Waals surface area contributed by atoms with Crippen LogP contribution in [-0.2, 0) is 13.2 Å². The van der Waals surface area contributed by atoms with Gasteiger partial charge in [-0.3, -0.25) is 23.9 Å². The summed E-state index contributed by atoms with van der Waals surface area (Å²) in [4.78, 5) is 32.9. The number of rotatable bonds is 3. The molecule has 2 aromatic carbocycles. The van der Waals surface area contributed by atoms with Crippen LogP contribution in [-0.4, -0.2) is 25.0 Å². The standard InChI is InChI=1S/C24H16F3N5O2/c1-31-20-12-30-18-7-5-13(14-6-8-19(22(28)33)29-11-14)9-17(18)21(20)32(23(31)34)16-4-2-3-15(10-16)24(25,26)27/h2-12H,1H3,(H2,28,33). The molecule has 3 aromatic heterocycles. The second-order valence-corrected chi connectivity index (χ2v) is 7.75. The zero-order chi connectivity index (χ0) is 24.2. The van der Waals surface area contributed by atoms with Crippen molar-refractivity contribution in [3.8, 4) is 16.8 Å². The van der Waals surface area contributed by atoms with Gasteiger partial charge in [-0.15, -0.1) is 0 Å². The van der Waals surface area contributed by atoms with Crippen molar-refractivity contribution in [1.82, 2.24) is 19.1 Å². The van der Waals surface area contributed by atoms with Crippen LogP contribution in [0.1, 0.15) is 16.1 Å². The average Bonchev–Trinajstić information content (AvgIpc) is 3.08. The zero-order valence-electron chi connectivity index (χ0n) is 17.7. The summed E-state index contributed by atoms with van der Waals surface area (Å²) >= 11 is 0. The summed E-state index contributed by atoms with van der Waals surface area (Å²) in [5.74, 6) is -0.648. The summed E-state index contributed by atoms with van der Waals surface area (Å²) in [6, 6.07) is 13.2. The molecule has 10 heteroatoms. The molecule has 34 heavy (non-hydrogen) atoms. The van der Waals surface area contributed by atoms with Gasteiger partial charge in [-0.2, -0.15) is 13.2 Å². The molecule has 0 aliphatic carbocycles. The van der Waals surface area contributed by atoms with Gasteiger partial charge in [0.1, 0.15) is 5.69 Å². The van der Waals surface area contributed by atoms with Crippen LogP contribution in [0.3, 0.4) is 0 Å². The van der Waals surface area contributed by atoms with Crippen molar-refractivity contribution in [2.75, 3.05) is 0 Å². The molecule has 0 spiro atoms. The molecule has 0 bridgehead atoms. The second-order valence-electron chi connectivity index (χ2n) is 7.75. The number of imidazole rings is 1. The highest BCUT2D eigenvalue weighted by Gasteiger charge is 2.31. The van der Waals surface area contributed by atoms with E-state index >= 15 is 0 Å². The number of fused-ring (bicyclic) bond motifs is 3. The Balaban J connectivity index is 1.79. The number of carbonyl (C=O) groups excluding carboxylic acids is 1. The predicted molar refractivity (Wildman–Crippen MR) is 121 cm³/mol. The lowest BCUT2D eigenvalue weighted by atomic mass is 10.0. The lowest BCUT2D eigenvalue weighted by molar-refractivity contribution is -0.137. The first-order valence-corrected chi connectivity index (χ1v) is 10.1. The van der Waals surface area contributed by atoms with E-state index in [-0.39, 0.29) is 11.4 Å². The van der Waals surface area contributed by atoms with Crippen LogP contribution in [0.15, 0.2) is 71.8 Å². The van der Waals surface area contributed by atoms with E-state index in [1.54, 1.807) is 31.3 Å². The molecule has 5 aromatic rings. The van der Waals surface area contributed by atoms with Crippen molar-refractivity contribution < 1.29 is 18.0 Å². The van der Waals surface area contributed by atoms with Gasteiger partial charge in [-0.05, 0) is 42.0 Å². The average molecular weight is 463 g/mol. The van der Waals surface area contributed by atoms with E-state index in [0.29, 0.717) is 27.5 Å². The van der Waals surface area contributed by atoms with Crippen LogP contribution in [0.4, 0.5) is 13.2 Å². The molecule has 7 nitrogen and oxygen atoms in total. The Morgan fingerprint density at radius 1 is 0.971 bits per heavy atom. The van der Waals surface area contributed by atoms with Gasteiger partial charge in [0.15, 0.2) is 0 Å². The SMILES string of the molecule is Cn1c(=O)n(-c2cccc(C(F)(F)F)c2)c2c3cc(-c4ccc(C(N)=O)nc4)ccc3ncc21. The number of hydrogen-bond donors (Lipinski definition) is 1. The van der Waals surface area contributed by atoms with Crippen LogP contribution in [0.2, 0.25) is 0 Å². The van der Waals surface area contributed by atoms with Gasteiger partial charge in [-0.25, -0.2) is 4.79 Å². The van der Waals surface area contributed by atoms with E-state index in [4.69, 9.17) is 5.73 Å². The maximum Gasteiger partial charge on any atom is 0.416 e. The molecule has 170 valence electrons. The highest BCUT2D eigenvalue weighted by atomic mass is 19.4. The number of nitrogens with zero attached hydrogens (tertiary/aromatic N) is 4. The van der Waals surface area contributed by atoms with Crippen LogP contribution in [0, 0.1) is 0 Å². The molecule has 0 saturated carbocycles. The molecule has 0 aliphatic heterocycles. The van der Waals surface area contributed by atoms with Crippen LogP contribution < -0.4 is 11.4 Å². The Kier molecular flexibility index (Phi) is 4.75. The predicted octanol–water partition coefficient (Wildman–Crippen LogP) is 4.06. The fraction of sp³-hybridized carbons (Fsp3) is 0.0833. The number of aryl methyl sites for hydroxylation is 1. The number of amides is 1. The number of alkyl halides is 3. The lowest BCUT2D eigenvalue weighted by Crippen LogP contribution is -2.21. The molecule has 0 unspecified atom stereocenters. The molecule has 0 saturated heterocycles. The molecule has 1 amide bonds. The van der Waals surface area contributed by atoms with Crippen molar-refractivity contribution in [3.63, 3.8) is 0 Å². The normalized spacial score (nSPS) is 11.9. The van der Waals surface area contributed by atoms with E-state index < -0.39 is 23.3 Å². The number of primary amides is 1. The Hall–Kier alpha value is -4.47. The van der Waals surface area contributed by atoms with Gasteiger partial charge >= 0.3 is 11.9 Å². The van der Waals surface area contributed by atoms with E-state index in [0.717, 1.165) is 17.7 Å². The van der Waals surface area contributed by atoms with E-state index in [2.05, 4.69) is 9.97 Å². The van der Waals surface area contributed by atoms with Gasteiger partial charge in [0.05, 0.1) is 34.0 Å². The minimum atomic E-state index is -4.55. The Labute approximate surface area is 189 Å². The monoisotopic (exact) mass is 463 g/mol. The summed E-state index contributed by atoms with van der Waals surface area (Å²) in [5.41, 5.74) is 6.98. The first-order chi connectivity index (χ1) is 16.1. The number of benzene rings is 2. The molecule has 5 rings (SSSR count). The Bertz CT molecular complexity index is 1650. The first-order valence-electron chi connectivity index (χ1n) is 10.1. The molecular weight excluding hydrogens is 447 g/mol. The summed E-state index contributed by atoms with van der Waals surface area (Å²) < 4.78 is 42.6. The number of hydrogen-bond acceptors (Lipinski definition) is 4. The molecule has 0 aliphatic rings. The molecule has 2 N–H and O–H groups in total. The summed E-state index contributed by atoms with van der Waals surface area (Å²) in [5, 5.41) is 0.573. The number of carbonyl (C=O) groups is 1. The van der Waals surface area contributed by atoms with Crippen molar-refractivity contribution >= 4 is 27.8 Å². The van der Waals surface area contributed by atoms with Gasteiger partial charge in [0, 0.05) is 24.2 Å². The van der Waals surface area contributed by atoms with Crippen molar-refractivity contribution in [3.05, 3.63) is 88.7 Å². The molecule has 3 heterocycles. The topological polar surface area (TPSA) is 95.8 Å². The van der Waals surface area contributed by atoms with E-state index in [1.165, 1.54) is 39.7 Å². The second kappa shape index (κ2) is 7.55. The molecule has 0 atom stereocenters. The highest BCUT2D eigenvalue weighted by Crippen LogP contribution is 2.33. The maximum atomic E-state index is 13.3. The third kappa shape index (κ3) is 3.40. The van der Waals surface area contributed by atoms with Crippen LogP contribution >= 0.6 is 0 Å². The summed E-state index contributed by atoms with van der Waals surface area (Å²) in [6.45, 7) is 0. The fourth-order valence-corrected chi connectivity index (χ4v) is 3.95. The number of pyridine rings is 2. The van der Waals surface area contributed by atoms with E-state index in [1.807, 2.05) is 0 Å². The number of halogens is 3. The third-order valence-electron chi connectivity index (χ3n) is 5.66. The minimum Gasteiger partial charge on any atom is -0.364 e. The quantitative estimate of drug-likeness (QED) is 0.437. The lowest BCUT2D eigenvalue weighted by Gasteiger charge is -2.11. The van der Waals surface area contributed by atoms with Gasteiger partial charge in [0.2, 0.25) is 0 Å². The van der Waals surface area contributed by atoms with Gasteiger partial charge in [-0.1, -0.05) is 18.2 Å². The molecule has 0 radical (unpaired) electrons. The van der Waals surface area contributed by atoms with Crippen LogP contribution in [0.25, 0.3) is 38.8 Å². The zero-order valence-corrected chi connectivity index (χ0v) is 17.7. The maximum absolute atomic E-state index is 13.3. The number of nitrogens with two attached hydrogens (primary N) is 1. The number of aromatic nitrogens is 4. The first kappa shape index (κ1) is 21.4. The van der Waals surface area contributed by atoms with E-state index in [9.17, 15) is 22.8 Å². The Morgan fingerprint density at radius 3 is 2.41 bits per heavy atom. The smallest absolute Gasteiger partial charge is 0.364 e. The minimum absolute atomic E-state index is 0.0933. The van der Waals surface area contributed by atoms with Crippen molar-refractivity contribution in [2.45, 2.75) is 6.18 Å². The molecule has 0 fully saturated rings. The molecular formula is C24H16F3N5O2. The van der Waals surface area contributed by atoms with Crippen LogP contribution in [0.5, 0.6) is 0 Å². The van der Waals surface area contributed by atoms with Crippen molar-refractivity contribution in [2.24, 2.45) is 12.8 Å². The largest absolute Gasteiger partial charge is 0.416 e. The third-order valence-corrected chi connectivity index (χ3v) is 5.66. The summed E-state index contributed by atoms with van der Waals surface area (Å²) in [7, 11) is 1.54. The Morgan fingerprint density at radius 2 is 1.74 bits per heavy atom. The van der Waals surface area contributed by atoms with Crippen molar-refractivity contribution in [1.29, 1.82) is 0 Å².